The van der Waals surface area contributed by atoms with Crippen molar-refractivity contribution in [2.75, 3.05) is 19.6 Å². The van der Waals surface area contributed by atoms with E-state index < -0.39 is 0 Å². The van der Waals surface area contributed by atoms with Gasteiger partial charge in [0.1, 0.15) is 6.10 Å². The number of hydrogen-bond donors (Lipinski definition) is 0. The highest BCUT2D eigenvalue weighted by molar-refractivity contribution is 5.64. The van der Waals surface area contributed by atoms with Crippen molar-refractivity contribution >= 4 is 5.65 Å². The lowest BCUT2D eigenvalue weighted by molar-refractivity contribution is 0.192. The van der Waals surface area contributed by atoms with Crippen molar-refractivity contribution in [3.63, 3.8) is 0 Å². The van der Waals surface area contributed by atoms with Crippen LogP contribution in [0.3, 0.4) is 0 Å². The predicted octanol–water partition coefficient (Wildman–Crippen LogP) is 2.74. The zero-order chi connectivity index (χ0) is 17.2. The Bertz CT molecular complexity index is 942. The van der Waals surface area contributed by atoms with Gasteiger partial charge in [0.2, 0.25) is 5.88 Å². The van der Waals surface area contributed by atoms with Gasteiger partial charge in [0.05, 0.1) is 23.5 Å². The topological polar surface area (TPSA) is 66.5 Å². The molecule has 1 fully saturated rings. The van der Waals surface area contributed by atoms with Gasteiger partial charge in [-0.25, -0.2) is 9.50 Å². The predicted molar refractivity (Wildman–Crippen MR) is 94.3 cm³/mol. The highest BCUT2D eigenvalue weighted by Crippen LogP contribution is 2.23. The van der Waals surface area contributed by atoms with Gasteiger partial charge in [0.15, 0.2) is 5.65 Å². The second-order valence-electron chi connectivity index (χ2n) is 6.20. The smallest absolute Gasteiger partial charge is 0.232 e. The summed E-state index contributed by atoms with van der Waals surface area (Å²) in [5.74, 6) is 0.603. The quantitative estimate of drug-likeness (QED) is 0.734. The van der Waals surface area contributed by atoms with E-state index in [0.29, 0.717) is 11.4 Å². The van der Waals surface area contributed by atoms with Gasteiger partial charge in [-0.3, -0.25) is 4.90 Å². The summed E-state index contributed by atoms with van der Waals surface area (Å²) in [6, 6.07) is 13.4. The first-order valence-corrected chi connectivity index (χ1v) is 8.51. The molecule has 2 aromatic heterocycles. The van der Waals surface area contributed by atoms with E-state index in [-0.39, 0.29) is 6.10 Å². The Kier molecular flexibility index (Phi) is 4.08. The zero-order valence-electron chi connectivity index (χ0n) is 14.1. The first-order valence-electron chi connectivity index (χ1n) is 8.51. The SMILES string of the molecule is CCN1CCC(Oc2ccc3ncc(-c4cccc(C#N)c4)n3n2)C1. The van der Waals surface area contributed by atoms with Gasteiger partial charge in [-0.15, -0.1) is 5.10 Å². The molecule has 1 unspecified atom stereocenters. The van der Waals surface area contributed by atoms with E-state index in [1.807, 2.05) is 30.3 Å². The molecule has 6 heteroatoms. The average molecular weight is 333 g/mol. The number of imidazole rings is 1. The van der Waals surface area contributed by atoms with Gasteiger partial charge in [-0.05, 0) is 31.2 Å². The van der Waals surface area contributed by atoms with Gasteiger partial charge >= 0.3 is 0 Å². The molecule has 0 amide bonds. The first kappa shape index (κ1) is 15.6. The number of nitrogens with zero attached hydrogens (tertiary/aromatic N) is 5. The molecule has 1 aromatic carbocycles. The number of hydrogen-bond acceptors (Lipinski definition) is 5. The number of likely N-dealkylation sites (N-methyl/N-ethyl adjacent to an activating group) is 1. The van der Waals surface area contributed by atoms with Crippen LogP contribution in [-0.2, 0) is 0 Å². The van der Waals surface area contributed by atoms with Crippen LogP contribution in [-0.4, -0.2) is 45.2 Å². The largest absolute Gasteiger partial charge is 0.472 e. The molecule has 0 bridgehead atoms. The Balaban J connectivity index is 1.65. The Morgan fingerprint density at radius 3 is 3.04 bits per heavy atom. The van der Waals surface area contributed by atoms with Crippen molar-refractivity contribution in [1.82, 2.24) is 19.5 Å². The number of likely N-dealkylation sites (tertiary alicyclic amines) is 1. The third-order valence-corrected chi connectivity index (χ3v) is 4.59. The fraction of sp³-hybridized carbons (Fsp3) is 0.316. The minimum Gasteiger partial charge on any atom is -0.472 e. The maximum Gasteiger partial charge on any atom is 0.232 e. The third-order valence-electron chi connectivity index (χ3n) is 4.59. The molecule has 3 aromatic rings. The molecule has 1 aliphatic heterocycles. The highest BCUT2D eigenvalue weighted by atomic mass is 16.5. The van der Waals surface area contributed by atoms with E-state index in [0.717, 1.165) is 43.0 Å². The molecule has 6 nitrogen and oxygen atoms in total. The molecule has 0 radical (unpaired) electrons. The van der Waals surface area contributed by atoms with Gasteiger partial charge in [0.25, 0.3) is 0 Å². The zero-order valence-corrected chi connectivity index (χ0v) is 14.1. The summed E-state index contributed by atoms with van der Waals surface area (Å²) in [7, 11) is 0. The first-order chi connectivity index (χ1) is 12.3. The molecule has 1 saturated heterocycles. The lowest BCUT2D eigenvalue weighted by atomic mass is 10.1. The number of benzene rings is 1. The van der Waals surface area contributed by atoms with E-state index in [2.05, 4.69) is 28.0 Å². The minimum atomic E-state index is 0.179. The van der Waals surface area contributed by atoms with E-state index in [9.17, 15) is 0 Å². The summed E-state index contributed by atoms with van der Waals surface area (Å²) in [5.41, 5.74) is 3.13. The molecule has 0 aliphatic carbocycles. The van der Waals surface area contributed by atoms with E-state index in [4.69, 9.17) is 10.00 Å². The fourth-order valence-corrected chi connectivity index (χ4v) is 3.22. The van der Waals surface area contributed by atoms with Crippen molar-refractivity contribution in [3.05, 3.63) is 48.2 Å². The van der Waals surface area contributed by atoms with Gasteiger partial charge in [0, 0.05) is 24.7 Å². The lowest BCUT2D eigenvalue weighted by Crippen LogP contribution is -2.24. The van der Waals surface area contributed by atoms with Crippen LogP contribution in [0.15, 0.2) is 42.6 Å². The maximum absolute atomic E-state index is 9.11. The van der Waals surface area contributed by atoms with Crippen LogP contribution in [0.25, 0.3) is 16.9 Å². The standard InChI is InChI=1S/C19H19N5O/c1-2-23-9-8-16(13-23)25-19-7-6-18-21-12-17(24(18)22-19)15-5-3-4-14(10-15)11-20/h3-7,10,12,16H,2,8-9,13H2,1H3. The van der Waals surface area contributed by atoms with E-state index in [1.54, 1.807) is 16.8 Å². The number of ether oxygens (including phenoxy) is 1. The molecule has 1 atom stereocenters. The highest BCUT2D eigenvalue weighted by Gasteiger charge is 2.23. The fourth-order valence-electron chi connectivity index (χ4n) is 3.22. The molecule has 0 spiro atoms. The summed E-state index contributed by atoms with van der Waals surface area (Å²) >= 11 is 0. The monoisotopic (exact) mass is 333 g/mol. The van der Waals surface area contributed by atoms with Crippen LogP contribution >= 0.6 is 0 Å². The number of aromatic nitrogens is 3. The van der Waals surface area contributed by atoms with Crippen molar-refractivity contribution in [3.8, 4) is 23.2 Å². The van der Waals surface area contributed by atoms with Crippen molar-refractivity contribution < 1.29 is 4.74 Å². The summed E-state index contributed by atoms with van der Waals surface area (Å²) in [6.45, 7) is 5.23. The minimum absolute atomic E-state index is 0.179. The van der Waals surface area contributed by atoms with Crippen LogP contribution < -0.4 is 4.74 Å². The number of fused-ring (bicyclic) bond motifs is 1. The molecule has 0 N–H and O–H groups in total. The molecule has 25 heavy (non-hydrogen) atoms. The van der Waals surface area contributed by atoms with Crippen LogP contribution in [0.1, 0.15) is 18.9 Å². The van der Waals surface area contributed by atoms with Gasteiger partial charge < -0.3 is 4.74 Å². The normalized spacial score (nSPS) is 17.7. The second kappa shape index (κ2) is 6.54. The van der Waals surface area contributed by atoms with Crippen LogP contribution in [0.2, 0.25) is 0 Å². The molecular weight excluding hydrogens is 314 g/mol. The van der Waals surface area contributed by atoms with Gasteiger partial charge in [-0.2, -0.15) is 5.26 Å². The molecule has 126 valence electrons. The van der Waals surface area contributed by atoms with Crippen molar-refractivity contribution in [2.45, 2.75) is 19.4 Å². The van der Waals surface area contributed by atoms with Crippen molar-refractivity contribution in [2.24, 2.45) is 0 Å². The molecule has 1 aliphatic rings. The average Bonchev–Trinajstić information content (AvgIpc) is 3.28. The Morgan fingerprint density at radius 2 is 2.24 bits per heavy atom. The van der Waals surface area contributed by atoms with Gasteiger partial charge in [-0.1, -0.05) is 19.1 Å². The van der Waals surface area contributed by atoms with E-state index >= 15 is 0 Å². The molecule has 3 heterocycles. The van der Waals surface area contributed by atoms with Crippen LogP contribution in [0, 0.1) is 11.3 Å². The Labute approximate surface area is 146 Å². The van der Waals surface area contributed by atoms with E-state index in [1.165, 1.54) is 0 Å². The van der Waals surface area contributed by atoms with Crippen LogP contribution in [0.5, 0.6) is 5.88 Å². The lowest BCUT2D eigenvalue weighted by Gasteiger charge is -2.14. The number of nitriles is 1. The second-order valence-corrected chi connectivity index (χ2v) is 6.20. The van der Waals surface area contributed by atoms with Crippen molar-refractivity contribution in [1.29, 1.82) is 5.26 Å². The third kappa shape index (κ3) is 3.06. The molecular formula is C19H19N5O. The summed E-state index contributed by atoms with van der Waals surface area (Å²) in [4.78, 5) is 6.78. The summed E-state index contributed by atoms with van der Waals surface area (Å²) in [5, 5.41) is 13.7. The Morgan fingerprint density at radius 1 is 1.32 bits per heavy atom. The maximum atomic E-state index is 9.11. The Hall–Kier alpha value is -2.91. The summed E-state index contributed by atoms with van der Waals surface area (Å²) in [6.07, 6.45) is 2.98. The number of rotatable bonds is 4. The summed E-state index contributed by atoms with van der Waals surface area (Å²) < 4.78 is 7.84. The molecule has 4 rings (SSSR count). The van der Waals surface area contributed by atoms with Crippen LogP contribution in [0.4, 0.5) is 0 Å². The molecule has 0 saturated carbocycles.